The van der Waals surface area contributed by atoms with Crippen molar-refractivity contribution < 1.29 is 18.8 Å². The summed E-state index contributed by atoms with van der Waals surface area (Å²) in [5, 5.41) is 13.9. The van der Waals surface area contributed by atoms with Gasteiger partial charge in [0.15, 0.2) is 0 Å². The largest absolute Gasteiger partial charge is 0.465 e. The van der Waals surface area contributed by atoms with Gasteiger partial charge in [0.2, 0.25) is 5.82 Å². The van der Waals surface area contributed by atoms with Crippen LogP contribution in [0.2, 0.25) is 0 Å². The molecule has 0 fully saturated rings. The van der Waals surface area contributed by atoms with Gasteiger partial charge in [-0.3, -0.25) is 10.1 Å². The molecule has 0 saturated carbocycles. The maximum atomic E-state index is 13.5. The first-order chi connectivity index (χ1) is 11.0. The van der Waals surface area contributed by atoms with Gasteiger partial charge in [-0.1, -0.05) is 18.2 Å². The maximum absolute atomic E-state index is 13.5. The molecule has 1 aromatic heterocycles. The topological polar surface area (TPSA) is 94.4 Å². The molecule has 0 aliphatic carbocycles. The highest BCUT2D eigenvalue weighted by Crippen LogP contribution is 2.23. The molecule has 0 radical (unpaired) electrons. The number of nitro groups is 1. The lowest BCUT2D eigenvalue weighted by atomic mass is 10.1. The Bertz CT molecular complexity index is 736. The van der Waals surface area contributed by atoms with Crippen molar-refractivity contribution in [1.29, 1.82) is 0 Å². The van der Waals surface area contributed by atoms with Crippen molar-refractivity contribution in [2.75, 3.05) is 19.0 Å². The summed E-state index contributed by atoms with van der Waals surface area (Å²) in [4.78, 5) is 25.7. The third-order valence-electron chi connectivity index (χ3n) is 3.13. The van der Waals surface area contributed by atoms with Crippen molar-refractivity contribution in [3.05, 3.63) is 63.6 Å². The zero-order chi connectivity index (χ0) is 16.8. The van der Waals surface area contributed by atoms with Crippen LogP contribution >= 0.6 is 0 Å². The molecule has 2 rings (SSSR count). The Hall–Kier alpha value is -3.03. The van der Waals surface area contributed by atoms with Crippen LogP contribution in [0.5, 0.6) is 0 Å². The van der Waals surface area contributed by atoms with Crippen LogP contribution in [0.1, 0.15) is 15.9 Å². The number of esters is 1. The van der Waals surface area contributed by atoms with E-state index >= 15 is 0 Å². The number of halogens is 1. The van der Waals surface area contributed by atoms with Gasteiger partial charge in [-0.2, -0.15) is 0 Å². The lowest BCUT2D eigenvalue weighted by Gasteiger charge is -2.08. The maximum Gasteiger partial charge on any atom is 0.339 e. The number of pyridine rings is 1. The Morgan fingerprint density at radius 3 is 2.83 bits per heavy atom. The molecule has 7 nitrogen and oxygen atoms in total. The number of hydrogen-bond donors (Lipinski definition) is 1. The van der Waals surface area contributed by atoms with Crippen LogP contribution in [0.3, 0.4) is 0 Å². The molecule has 120 valence electrons. The number of anilines is 1. The van der Waals surface area contributed by atoms with E-state index < -0.39 is 10.9 Å². The Morgan fingerprint density at radius 2 is 2.17 bits per heavy atom. The van der Waals surface area contributed by atoms with Gasteiger partial charge < -0.3 is 10.1 Å². The molecule has 23 heavy (non-hydrogen) atoms. The van der Waals surface area contributed by atoms with Gasteiger partial charge in [0.05, 0.1) is 17.6 Å². The summed E-state index contributed by atoms with van der Waals surface area (Å²) < 4.78 is 18.0. The van der Waals surface area contributed by atoms with Gasteiger partial charge in [0, 0.05) is 18.8 Å². The molecule has 0 amide bonds. The fourth-order valence-corrected chi connectivity index (χ4v) is 1.97. The molecule has 8 heteroatoms. The molecule has 0 unspecified atom stereocenters. The van der Waals surface area contributed by atoms with E-state index in [1.54, 1.807) is 18.2 Å². The summed E-state index contributed by atoms with van der Waals surface area (Å²) in [7, 11) is 1.18. The summed E-state index contributed by atoms with van der Waals surface area (Å²) in [6.45, 7) is 0.256. The van der Waals surface area contributed by atoms with Crippen LogP contribution in [-0.4, -0.2) is 29.5 Å². The van der Waals surface area contributed by atoms with Crippen molar-refractivity contribution in [3.8, 4) is 0 Å². The van der Waals surface area contributed by atoms with Gasteiger partial charge in [-0.05, 0) is 18.1 Å². The summed E-state index contributed by atoms with van der Waals surface area (Å²) in [5.74, 6) is -1.03. The highest BCUT2D eigenvalue weighted by atomic mass is 19.1. The third-order valence-corrected chi connectivity index (χ3v) is 3.13. The van der Waals surface area contributed by atoms with Crippen molar-refractivity contribution in [3.63, 3.8) is 0 Å². The molecule has 1 N–H and O–H groups in total. The number of hydrogen-bond acceptors (Lipinski definition) is 6. The van der Waals surface area contributed by atoms with Gasteiger partial charge in [0.25, 0.3) is 0 Å². The number of ether oxygens (including phenoxy) is 1. The molecule has 0 bridgehead atoms. The normalized spacial score (nSPS) is 10.2. The molecular weight excluding hydrogens is 305 g/mol. The van der Waals surface area contributed by atoms with Crippen molar-refractivity contribution in [1.82, 2.24) is 4.98 Å². The van der Waals surface area contributed by atoms with Crippen LogP contribution < -0.4 is 5.32 Å². The molecular formula is C15H14FN3O4. The molecule has 0 aliphatic heterocycles. The van der Waals surface area contributed by atoms with E-state index in [4.69, 9.17) is 0 Å². The predicted octanol–water partition coefficient (Wildman–Crippen LogP) is 2.57. The highest BCUT2D eigenvalue weighted by Gasteiger charge is 2.19. The monoisotopic (exact) mass is 319 g/mol. The molecule has 0 aliphatic rings. The second-order valence-corrected chi connectivity index (χ2v) is 4.61. The van der Waals surface area contributed by atoms with E-state index in [1.165, 1.54) is 19.4 Å². The molecule has 0 saturated heterocycles. The zero-order valence-electron chi connectivity index (χ0n) is 12.3. The first-order valence-corrected chi connectivity index (χ1v) is 6.73. The lowest BCUT2D eigenvalue weighted by Crippen LogP contribution is -2.11. The van der Waals surface area contributed by atoms with Crippen LogP contribution in [0.4, 0.5) is 15.9 Å². The molecule has 1 heterocycles. The summed E-state index contributed by atoms with van der Waals surface area (Å²) in [6.07, 6.45) is 1.52. The second kappa shape index (κ2) is 7.30. The fourth-order valence-electron chi connectivity index (χ4n) is 1.97. The van der Waals surface area contributed by atoms with Crippen molar-refractivity contribution in [2.45, 2.75) is 6.42 Å². The number of rotatable bonds is 6. The smallest absolute Gasteiger partial charge is 0.339 e. The van der Waals surface area contributed by atoms with Crippen LogP contribution in [0, 0.1) is 15.9 Å². The second-order valence-electron chi connectivity index (χ2n) is 4.61. The highest BCUT2D eigenvalue weighted by molar-refractivity contribution is 5.90. The fraction of sp³-hybridized carbons (Fsp3) is 0.200. The SMILES string of the molecule is COC(=O)c1cnc(NCCc2ccccc2F)c([N+](=O)[O-])c1. The minimum atomic E-state index is -0.710. The summed E-state index contributed by atoms with van der Waals surface area (Å²) in [5.41, 5.74) is 0.133. The number of nitrogens with zero attached hydrogens (tertiary/aromatic N) is 2. The number of carbonyl (C=O) groups is 1. The Morgan fingerprint density at radius 1 is 1.43 bits per heavy atom. The Kier molecular flexibility index (Phi) is 5.19. The summed E-state index contributed by atoms with van der Waals surface area (Å²) >= 11 is 0. The van der Waals surface area contributed by atoms with Crippen molar-refractivity contribution >= 4 is 17.5 Å². The van der Waals surface area contributed by atoms with Crippen molar-refractivity contribution in [2.24, 2.45) is 0 Å². The quantitative estimate of drug-likeness (QED) is 0.499. The number of carbonyl (C=O) groups excluding carboxylic acids is 1. The van der Waals surface area contributed by atoms with E-state index in [1.807, 2.05) is 0 Å². The average molecular weight is 319 g/mol. The molecule has 0 spiro atoms. The number of aromatic nitrogens is 1. The number of benzene rings is 1. The van der Waals surface area contributed by atoms with E-state index in [-0.39, 0.29) is 29.4 Å². The van der Waals surface area contributed by atoms with Crippen LogP contribution in [-0.2, 0) is 11.2 Å². The standard InChI is InChI=1S/C15H14FN3O4/c1-23-15(20)11-8-13(19(21)22)14(18-9-11)17-7-6-10-4-2-3-5-12(10)16/h2-5,8-9H,6-7H2,1H3,(H,17,18). The van der Waals surface area contributed by atoms with Gasteiger partial charge in [-0.25, -0.2) is 14.2 Å². The molecule has 1 aromatic carbocycles. The lowest BCUT2D eigenvalue weighted by molar-refractivity contribution is -0.384. The van der Waals surface area contributed by atoms with E-state index in [0.29, 0.717) is 12.0 Å². The minimum absolute atomic E-state index is 0.0130. The zero-order valence-corrected chi connectivity index (χ0v) is 12.3. The van der Waals surface area contributed by atoms with E-state index in [9.17, 15) is 19.3 Å². The number of nitrogens with one attached hydrogen (secondary N) is 1. The van der Waals surface area contributed by atoms with Gasteiger partial charge >= 0.3 is 11.7 Å². The van der Waals surface area contributed by atoms with Crippen LogP contribution in [0.15, 0.2) is 36.5 Å². The Labute approximate surface area is 131 Å². The van der Waals surface area contributed by atoms with E-state index in [0.717, 1.165) is 6.07 Å². The summed E-state index contributed by atoms with van der Waals surface area (Å²) in [6, 6.07) is 7.37. The Balaban J connectivity index is 2.11. The first kappa shape index (κ1) is 16.3. The first-order valence-electron chi connectivity index (χ1n) is 6.73. The van der Waals surface area contributed by atoms with E-state index in [2.05, 4.69) is 15.0 Å². The number of methoxy groups -OCH3 is 1. The van der Waals surface area contributed by atoms with Gasteiger partial charge in [0.1, 0.15) is 5.82 Å². The third kappa shape index (κ3) is 4.00. The van der Waals surface area contributed by atoms with Gasteiger partial charge in [-0.15, -0.1) is 0 Å². The predicted molar refractivity (Wildman–Crippen MR) is 80.8 cm³/mol. The molecule has 2 aromatic rings. The van der Waals surface area contributed by atoms with Crippen LogP contribution in [0.25, 0.3) is 0 Å². The minimum Gasteiger partial charge on any atom is -0.465 e. The average Bonchev–Trinajstić information content (AvgIpc) is 2.56. The molecule has 0 atom stereocenters.